The van der Waals surface area contributed by atoms with Crippen LogP contribution in [0.5, 0.6) is 0 Å². The van der Waals surface area contributed by atoms with Crippen LogP contribution >= 0.6 is 0 Å². The topological polar surface area (TPSA) is 55.4 Å². The van der Waals surface area contributed by atoms with Gasteiger partial charge >= 0.3 is 5.97 Å². The lowest BCUT2D eigenvalue weighted by atomic mass is 10.1. The van der Waals surface area contributed by atoms with E-state index in [9.17, 15) is 9.59 Å². The molecule has 1 atom stereocenters. The first-order valence-corrected chi connectivity index (χ1v) is 8.26. The van der Waals surface area contributed by atoms with Crippen LogP contribution in [0.3, 0.4) is 0 Å². The van der Waals surface area contributed by atoms with Gasteiger partial charge in [0.05, 0.1) is 5.56 Å². The lowest BCUT2D eigenvalue weighted by Gasteiger charge is -2.17. The summed E-state index contributed by atoms with van der Waals surface area (Å²) < 4.78 is 5.32. The fourth-order valence-electron chi connectivity index (χ4n) is 3.37. The summed E-state index contributed by atoms with van der Waals surface area (Å²) in [5.74, 6) is -0.606. The molecule has 0 aliphatic heterocycles. The van der Waals surface area contributed by atoms with Crippen LogP contribution in [-0.4, -0.2) is 24.0 Å². The van der Waals surface area contributed by atoms with E-state index in [-0.39, 0.29) is 11.9 Å². The fraction of sp³-hybridized carbons (Fsp3) is 0.556. The molecule has 3 rings (SSSR count). The van der Waals surface area contributed by atoms with Crippen molar-refractivity contribution in [3.8, 4) is 0 Å². The average Bonchev–Trinajstić information content (AvgIpc) is 3.16. The van der Waals surface area contributed by atoms with Crippen LogP contribution in [-0.2, 0) is 22.4 Å². The third kappa shape index (κ3) is 3.32. The molecule has 4 nitrogen and oxygen atoms in total. The molecule has 118 valence electrons. The molecule has 1 N–H and O–H groups in total. The van der Waals surface area contributed by atoms with E-state index in [0.717, 1.165) is 44.9 Å². The molecule has 1 saturated carbocycles. The van der Waals surface area contributed by atoms with Crippen molar-refractivity contribution in [2.24, 2.45) is 0 Å². The van der Waals surface area contributed by atoms with Crippen molar-refractivity contribution in [3.05, 3.63) is 34.9 Å². The number of carbonyl (C=O) groups excluding carboxylic acids is 2. The molecule has 0 heterocycles. The quantitative estimate of drug-likeness (QED) is 0.870. The van der Waals surface area contributed by atoms with E-state index in [1.165, 1.54) is 11.1 Å². The zero-order chi connectivity index (χ0) is 15.5. The number of hydrogen-bond donors (Lipinski definition) is 1. The first kappa shape index (κ1) is 15.1. The Balaban J connectivity index is 1.57. The van der Waals surface area contributed by atoms with Crippen LogP contribution in [0, 0.1) is 0 Å². The molecular weight excluding hydrogens is 278 g/mol. The zero-order valence-corrected chi connectivity index (χ0v) is 13.1. The maximum Gasteiger partial charge on any atom is 0.338 e. The maximum absolute atomic E-state index is 12.2. The first-order chi connectivity index (χ1) is 10.6. The van der Waals surface area contributed by atoms with E-state index >= 15 is 0 Å². The Bertz CT molecular complexity index is 576. The summed E-state index contributed by atoms with van der Waals surface area (Å²) in [4.78, 5) is 24.3. The highest BCUT2D eigenvalue weighted by atomic mass is 16.5. The van der Waals surface area contributed by atoms with Gasteiger partial charge in [0.1, 0.15) is 0 Å². The SMILES string of the molecule is C[C@H](OC(=O)c1ccc2c(c1)CCC2)C(=O)NC1CCCC1. The van der Waals surface area contributed by atoms with E-state index in [1.807, 2.05) is 12.1 Å². The van der Waals surface area contributed by atoms with Gasteiger partial charge in [0, 0.05) is 6.04 Å². The molecule has 1 amide bonds. The lowest BCUT2D eigenvalue weighted by molar-refractivity contribution is -0.129. The molecule has 0 bridgehead atoms. The van der Waals surface area contributed by atoms with Gasteiger partial charge in [0.15, 0.2) is 6.10 Å². The number of nitrogens with one attached hydrogen (secondary N) is 1. The van der Waals surface area contributed by atoms with Crippen LogP contribution in [0.2, 0.25) is 0 Å². The minimum Gasteiger partial charge on any atom is -0.449 e. The van der Waals surface area contributed by atoms with Crippen LogP contribution in [0.1, 0.15) is 60.5 Å². The smallest absolute Gasteiger partial charge is 0.338 e. The standard InChI is InChI=1S/C18H23NO3/c1-12(17(20)19-16-7-2-3-8-16)22-18(21)15-10-9-13-5-4-6-14(13)11-15/h9-12,16H,2-8H2,1H3,(H,19,20)/t12-/m0/s1. The Hall–Kier alpha value is -1.84. The zero-order valence-electron chi connectivity index (χ0n) is 13.1. The second kappa shape index (κ2) is 6.51. The summed E-state index contributed by atoms with van der Waals surface area (Å²) in [5, 5.41) is 2.96. The molecule has 1 aromatic carbocycles. The van der Waals surface area contributed by atoms with Gasteiger partial charge in [-0.25, -0.2) is 4.79 Å². The van der Waals surface area contributed by atoms with Crippen LogP contribution < -0.4 is 5.32 Å². The van der Waals surface area contributed by atoms with Crippen molar-refractivity contribution in [2.75, 3.05) is 0 Å². The summed E-state index contributed by atoms with van der Waals surface area (Å²) in [7, 11) is 0. The normalized spacial score (nSPS) is 18.8. The summed E-state index contributed by atoms with van der Waals surface area (Å²) >= 11 is 0. The third-order valence-corrected chi connectivity index (χ3v) is 4.69. The van der Waals surface area contributed by atoms with Gasteiger partial charge in [0.2, 0.25) is 0 Å². The summed E-state index contributed by atoms with van der Waals surface area (Å²) in [6, 6.07) is 5.95. The number of ether oxygens (including phenoxy) is 1. The van der Waals surface area contributed by atoms with Crippen LogP contribution in [0.25, 0.3) is 0 Å². The van der Waals surface area contributed by atoms with E-state index in [2.05, 4.69) is 5.32 Å². The third-order valence-electron chi connectivity index (χ3n) is 4.69. The van der Waals surface area contributed by atoms with Crippen molar-refractivity contribution < 1.29 is 14.3 Å². The van der Waals surface area contributed by atoms with Crippen molar-refractivity contribution >= 4 is 11.9 Å². The van der Waals surface area contributed by atoms with Crippen LogP contribution in [0.4, 0.5) is 0 Å². The number of amides is 1. The lowest BCUT2D eigenvalue weighted by Crippen LogP contribution is -2.40. The fourth-order valence-corrected chi connectivity index (χ4v) is 3.37. The molecule has 1 fully saturated rings. The number of fused-ring (bicyclic) bond motifs is 1. The minimum absolute atomic E-state index is 0.193. The molecule has 22 heavy (non-hydrogen) atoms. The molecule has 2 aliphatic rings. The Morgan fingerprint density at radius 1 is 1.14 bits per heavy atom. The number of aryl methyl sites for hydroxylation is 2. The second-order valence-electron chi connectivity index (χ2n) is 6.37. The number of carbonyl (C=O) groups is 2. The molecule has 0 spiro atoms. The predicted octanol–water partition coefficient (Wildman–Crippen LogP) is 2.78. The predicted molar refractivity (Wildman–Crippen MR) is 83.7 cm³/mol. The van der Waals surface area contributed by atoms with Gasteiger partial charge in [-0.3, -0.25) is 4.79 Å². The van der Waals surface area contributed by atoms with Gasteiger partial charge in [0.25, 0.3) is 5.91 Å². The largest absolute Gasteiger partial charge is 0.449 e. The van der Waals surface area contributed by atoms with Crippen LogP contribution in [0.15, 0.2) is 18.2 Å². The molecule has 0 saturated heterocycles. The first-order valence-electron chi connectivity index (χ1n) is 8.26. The van der Waals surface area contributed by atoms with Crippen molar-refractivity contribution in [2.45, 2.75) is 64.0 Å². The summed E-state index contributed by atoms with van der Waals surface area (Å²) in [5.41, 5.74) is 3.10. The number of rotatable bonds is 4. The van der Waals surface area contributed by atoms with Gasteiger partial charge in [-0.1, -0.05) is 18.9 Å². The monoisotopic (exact) mass is 301 g/mol. The van der Waals surface area contributed by atoms with Gasteiger partial charge in [-0.15, -0.1) is 0 Å². The molecule has 4 heteroatoms. The summed E-state index contributed by atoms with van der Waals surface area (Å²) in [6.07, 6.45) is 6.88. The Morgan fingerprint density at radius 3 is 2.64 bits per heavy atom. The molecule has 2 aliphatic carbocycles. The highest BCUT2D eigenvalue weighted by molar-refractivity contribution is 5.92. The van der Waals surface area contributed by atoms with E-state index in [0.29, 0.717) is 5.56 Å². The van der Waals surface area contributed by atoms with Crippen molar-refractivity contribution in [1.82, 2.24) is 5.32 Å². The Labute approximate surface area is 131 Å². The van der Waals surface area contributed by atoms with Gasteiger partial charge < -0.3 is 10.1 Å². The van der Waals surface area contributed by atoms with E-state index in [1.54, 1.807) is 13.0 Å². The number of hydrogen-bond acceptors (Lipinski definition) is 3. The Kier molecular flexibility index (Phi) is 4.46. The molecule has 0 unspecified atom stereocenters. The van der Waals surface area contributed by atoms with Gasteiger partial charge in [-0.2, -0.15) is 0 Å². The highest BCUT2D eigenvalue weighted by Crippen LogP contribution is 2.23. The second-order valence-corrected chi connectivity index (χ2v) is 6.37. The average molecular weight is 301 g/mol. The maximum atomic E-state index is 12.2. The molecule has 0 aromatic heterocycles. The van der Waals surface area contributed by atoms with E-state index in [4.69, 9.17) is 4.74 Å². The molecule has 1 aromatic rings. The van der Waals surface area contributed by atoms with Crippen molar-refractivity contribution in [3.63, 3.8) is 0 Å². The highest BCUT2D eigenvalue weighted by Gasteiger charge is 2.24. The van der Waals surface area contributed by atoms with Crippen molar-refractivity contribution in [1.29, 1.82) is 0 Å². The number of esters is 1. The minimum atomic E-state index is -0.749. The Morgan fingerprint density at radius 2 is 1.86 bits per heavy atom. The number of benzene rings is 1. The summed E-state index contributed by atoms with van der Waals surface area (Å²) in [6.45, 7) is 1.63. The van der Waals surface area contributed by atoms with Gasteiger partial charge in [-0.05, 0) is 62.3 Å². The molecule has 0 radical (unpaired) electrons. The molecular formula is C18H23NO3. The van der Waals surface area contributed by atoms with E-state index < -0.39 is 12.1 Å².